The number of anilines is 1. The van der Waals surface area contributed by atoms with Gasteiger partial charge in [-0.1, -0.05) is 54.3 Å². The van der Waals surface area contributed by atoms with Gasteiger partial charge in [0.1, 0.15) is 5.01 Å². The molecule has 1 amide bonds. The van der Waals surface area contributed by atoms with E-state index < -0.39 is 0 Å². The number of carbonyl (C=O) groups excluding carboxylic acids is 1. The highest BCUT2D eigenvalue weighted by Crippen LogP contribution is 2.35. The fourth-order valence-corrected chi connectivity index (χ4v) is 3.94. The molecule has 0 spiro atoms. The van der Waals surface area contributed by atoms with Crippen LogP contribution in [0.5, 0.6) is 0 Å². The summed E-state index contributed by atoms with van der Waals surface area (Å²) in [4.78, 5) is 12.0. The van der Waals surface area contributed by atoms with Crippen molar-refractivity contribution in [3.63, 3.8) is 0 Å². The highest BCUT2D eigenvalue weighted by Gasteiger charge is 2.20. The van der Waals surface area contributed by atoms with Gasteiger partial charge >= 0.3 is 0 Å². The van der Waals surface area contributed by atoms with Crippen molar-refractivity contribution >= 4 is 34.0 Å². The molecule has 1 fully saturated rings. The molecule has 0 atom stereocenters. The van der Waals surface area contributed by atoms with E-state index in [1.165, 1.54) is 43.4 Å². The molecule has 0 aliphatic heterocycles. The molecule has 3 rings (SSSR count). The second kappa shape index (κ2) is 7.88. The van der Waals surface area contributed by atoms with Crippen LogP contribution in [0.25, 0.3) is 0 Å². The first kappa shape index (κ1) is 16.4. The van der Waals surface area contributed by atoms with Gasteiger partial charge in [0.25, 0.3) is 0 Å². The molecule has 0 saturated heterocycles. The average molecular weight is 350 g/mol. The van der Waals surface area contributed by atoms with Crippen LogP contribution in [0, 0.1) is 0 Å². The first-order chi connectivity index (χ1) is 11.2. The zero-order valence-electron chi connectivity index (χ0n) is 12.9. The van der Waals surface area contributed by atoms with Gasteiger partial charge in [0.05, 0.1) is 0 Å². The van der Waals surface area contributed by atoms with Crippen LogP contribution in [0.3, 0.4) is 0 Å². The van der Waals surface area contributed by atoms with Crippen molar-refractivity contribution < 1.29 is 4.79 Å². The zero-order valence-corrected chi connectivity index (χ0v) is 14.5. The summed E-state index contributed by atoms with van der Waals surface area (Å²) < 4.78 is 0. The predicted octanol–water partition coefficient (Wildman–Crippen LogP) is 4.81. The molecule has 4 nitrogen and oxygen atoms in total. The van der Waals surface area contributed by atoms with Gasteiger partial charge in [-0.05, 0) is 37.0 Å². The smallest absolute Gasteiger partial charge is 0.226 e. The summed E-state index contributed by atoms with van der Waals surface area (Å²) >= 11 is 7.37. The van der Waals surface area contributed by atoms with E-state index in [2.05, 4.69) is 15.5 Å². The normalized spacial score (nSPS) is 15.5. The van der Waals surface area contributed by atoms with Crippen molar-refractivity contribution in [2.75, 3.05) is 5.32 Å². The molecule has 0 unspecified atom stereocenters. The molecule has 1 aliphatic rings. The summed E-state index contributed by atoms with van der Waals surface area (Å²) in [5, 5.41) is 13.6. The molecule has 2 aromatic rings. The first-order valence-corrected chi connectivity index (χ1v) is 9.28. The predicted molar refractivity (Wildman–Crippen MR) is 94.1 cm³/mol. The Labute approximate surface area is 145 Å². The number of nitrogens with zero attached hydrogens (tertiary/aromatic N) is 2. The first-order valence-electron chi connectivity index (χ1n) is 8.08. The second-order valence-corrected chi connectivity index (χ2v) is 7.40. The number of hydrogen-bond donors (Lipinski definition) is 1. The van der Waals surface area contributed by atoms with Crippen molar-refractivity contribution in [3.8, 4) is 0 Å². The highest BCUT2D eigenvalue weighted by molar-refractivity contribution is 7.15. The maximum absolute atomic E-state index is 12.0. The van der Waals surface area contributed by atoms with Crippen LogP contribution in [-0.4, -0.2) is 16.1 Å². The molecular formula is C17H20ClN3OS. The lowest BCUT2D eigenvalue weighted by Gasteiger charge is -2.18. The van der Waals surface area contributed by atoms with Crippen molar-refractivity contribution in [3.05, 3.63) is 39.9 Å². The molecule has 23 heavy (non-hydrogen) atoms. The zero-order chi connectivity index (χ0) is 16.1. The van der Waals surface area contributed by atoms with E-state index in [4.69, 9.17) is 11.6 Å². The monoisotopic (exact) mass is 349 g/mol. The molecular weight excluding hydrogens is 330 g/mol. The number of aryl methyl sites for hydroxylation is 1. The summed E-state index contributed by atoms with van der Waals surface area (Å²) in [5.74, 6) is 0.507. The number of nitrogens with one attached hydrogen (secondary N) is 1. The molecule has 1 aromatic heterocycles. The van der Waals surface area contributed by atoms with Crippen LogP contribution < -0.4 is 5.32 Å². The molecule has 0 bridgehead atoms. The Morgan fingerprint density at radius 2 is 1.91 bits per heavy atom. The summed E-state index contributed by atoms with van der Waals surface area (Å²) in [6, 6.07) is 7.58. The molecule has 1 N–H and O–H groups in total. The van der Waals surface area contributed by atoms with Crippen molar-refractivity contribution in [2.24, 2.45) is 0 Å². The minimum atomic E-state index is -0.0219. The molecule has 0 radical (unpaired) electrons. The number of carbonyl (C=O) groups is 1. The maximum Gasteiger partial charge on any atom is 0.226 e. The molecule has 1 heterocycles. The van der Waals surface area contributed by atoms with Gasteiger partial charge < -0.3 is 5.32 Å². The molecule has 1 saturated carbocycles. The Balaban J connectivity index is 1.49. The Hall–Kier alpha value is -1.46. The third-order valence-corrected chi connectivity index (χ3v) is 5.45. The van der Waals surface area contributed by atoms with E-state index in [9.17, 15) is 4.79 Å². The van der Waals surface area contributed by atoms with Crippen LogP contribution >= 0.6 is 22.9 Å². The van der Waals surface area contributed by atoms with E-state index in [0.29, 0.717) is 28.9 Å². The van der Waals surface area contributed by atoms with Gasteiger partial charge in [-0.3, -0.25) is 4.79 Å². The third-order valence-electron chi connectivity index (χ3n) is 4.20. The lowest BCUT2D eigenvalue weighted by molar-refractivity contribution is -0.116. The lowest BCUT2D eigenvalue weighted by Crippen LogP contribution is -2.12. The van der Waals surface area contributed by atoms with Crippen molar-refractivity contribution in [1.82, 2.24) is 10.2 Å². The maximum atomic E-state index is 12.0. The fraction of sp³-hybridized carbons (Fsp3) is 0.471. The van der Waals surface area contributed by atoms with E-state index in [1.807, 2.05) is 24.3 Å². The van der Waals surface area contributed by atoms with Crippen LogP contribution in [-0.2, 0) is 11.2 Å². The minimum Gasteiger partial charge on any atom is -0.301 e. The van der Waals surface area contributed by atoms with E-state index >= 15 is 0 Å². The molecule has 6 heteroatoms. The van der Waals surface area contributed by atoms with Gasteiger partial charge in [0.15, 0.2) is 0 Å². The SMILES string of the molecule is O=C(CCc1ccc(Cl)cc1)Nc1nnc(C2CCCCC2)s1. The summed E-state index contributed by atoms with van der Waals surface area (Å²) in [5.41, 5.74) is 1.10. The van der Waals surface area contributed by atoms with Crippen LogP contribution in [0.15, 0.2) is 24.3 Å². The molecule has 1 aromatic carbocycles. The molecule has 1 aliphatic carbocycles. The number of rotatable bonds is 5. The molecule has 122 valence electrons. The van der Waals surface area contributed by atoms with Crippen LogP contribution in [0.4, 0.5) is 5.13 Å². The van der Waals surface area contributed by atoms with Crippen LogP contribution in [0.1, 0.15) is 55.0 Å². The van der Waals surface area contributed by atoms with Crippen molar-refractivity contribution in [2.45, 2.75) is 50.9 Å². The highest BCUT2D eigenvalue weighted by atomic mass is 35.5. The lowest BCUT2D eigenvalue weighted by atomic mass is 9.90. The summed E-state index contributed by atoms with van der Waals surface area (Å²) in [6.45, 7) is 0. The Morgan fingerprint density at radius 1 is 1.17 bits per heavy atom. The Kier molecular flexibility index (Phi) is 5.62. The second-order valence-electron chi connectivity index (χ2n) is 5.96. The van der Waals surface area contributed by atoms with E-state index in [0.717, 1.165) is 10.6 Å². The quantitative estimate of drug-likeness (QED) is 0.842. The van der Waals surface area contributed by atoms with Crippen LogP contribution in [0.2, 0.25) is 5.02 Å². The van der Waals surface area contributed by atoms with Crippen molar-refractivity contribution in [1.29, 1.82) is 0 Å². The fourth-order valence-electron chi connectivity index (χ4n) is 2.89. The van der Waals surface area contributed by atoms with E-state index in [-0.39, 0.29) is 5.91 Å². The van der Waals surface area contributed by atoms with Gasteiger partial charge in [-0.2, -0.15) is 0 Å². The summed E-state index contributed by atoms with van der Waals surface area (Å²) in [6.07, 6.45) is 7.37. The summed E-state index contributed by atoms with van der Waals surface area (Å²) in [7, 11) is 0. The number of aromatic nitrogens is 2. The Morgan fingerprint density at radius 3 is 2.65 bits per heavy atom. The van der Waals surface area contributed by atoms with Gasteiger partial charge in [-0.25, -0.2) is 0 Å². The van der Waals surface area contributed by atoms with Gasteiger partial charge in [0.2, 0.25) is 11.0 Å². The average Bonchev–Trinajstić information content (AvgIpc) is 3.04. The minimum absolute atomic E-state index is 0.0219. The number of benzene rings is 1. The largest absolute Gasteiger partial charge is 0.301 e. The van der Waals surface area contributed by atoms with E-state index in [1.54, 1.807) is 0 Å². The number of amides is 1. The third kappa shape index (κ3) is 4.75. The number of halogens is 1. The topological polar surface area (TPSA) is 54.9 Å². The number of hydrogen-bond acceptors (Lipinski definition) is 4. The van der Waals surface area contributed by atoms with Gasteiger partial charge in [0, 0.05) is 17.4 Å². The standard InChI is InChI=1S/C17H20ClN3OS/c18-14-9-6-12(7-10-14)8-11-15(22)19-17-21-20-16(23-17)13-4-2-1-3-5-13/h6-7,9-10,13H,1-5,8,11H2,(H,19,21,22). The Bertz CT molecular complexity index is 650. The van der Waals surface area contributed by atoms with Gasteiger partial charge in [-0.15, -0.1) is 10.2 Å².